The van der Waals surface area contributed by atoms with Crippen molar-refractivity contribution in [2.45, 2.75) is 26.7 Å². The van der Waals surface area contributed by atoms with Crippen molar-refractivity contribution in [1.29, 1.82) is 0 Å². The van der Waals surface area contributed by atoms with E-state index in [1.54, 1.807) is 0 Å². The Kier molecular flexibility index (Phi) is 3.11. The Bertz CT molecular complexity index is 484. The smallest absolute Gasteiger partial charge is 0.311 e. The lowest BCUT2D eigenvalue weighted by Gasteiger charge is -2.13. The summed E-state index contributed by atoms with van der Waals surface area (Å²) >= 11 is 0. The zero-order valence-corrected chi connectivity index (χ0v) is 10.6. The van der Waals surface area contributed by atoms with Gasteiger partial charge in [-0.25, -0.2) is 0 Å². The van der Waals surface area contributed by atoms with Crippen LogP contribution in [0.4, 0.5) is 0 Å². The van der Waals surface area contributed by atoms with Gasteiger partial charge in [-0.1, -0.05) is 18.2 Å². The molecule has 0 atom stereocenters. The third-order valence-corrected chi connectivity index (χ3v) is 3.60. The molecule has 0 saturated heterocycles. The Morgan fingerprint density at radius 1 is 1.28 bits per heavy atom. The molecular formula is C14H17NO3. The molecule has 0 heterocycles. The molecule has 0 spiro atoms. The van der Waals surface area contributed by atoms with E-state index in [2.05, 4.69) is 5.32 Å². The number of rotatable bonds is 4. The Balaban J connectivity index is 2.07. The van der Waals surface area contributed by atoms with Crippen LogP contribution in [0.3, 0.4) is 0 Å². The van der Waals surface area contributed by atoms with Crippen LogP contribution in [0.5, 0.6) is 0 Å². The van der Waals surface area contributed by atoms with Crippen LogP contribution < -0.4 is 5.32 Å². The van der Waals surface area contributed by atoms with E-state index in [1.807, 2.05) is 32.0 Å². The summed E-state index contributed by atoms with van der Waals surface area (Å²) in [5, 5.41) is 11.8. The van der Waals surface area contributed by atoms with Crippen LogP contribution in [0, 0.1) is 19.3 Å². The van der Waals surface area contributed by atoms with Crippen LogP contribution in [0.15, 0.2) is 18.2 Å². The summed E-state index contributed by atoms with van der Waals surface area (Å²) in [6, 6.07) is 5.67. The largest absolute Gasteiger partial charge is 0.481 e. The second-order valence-electron chi connectivity index (χ2n) is 5.03. The first-order valence-corrected chi connectivity index (χ1v) is 6.04. The highest BCUT2D eigenvalue weighted by Crippen LogP contribution is 2.45. The first kappa shape index (κ1) is 12.6. The fraction of sp³-hybridized carbons (Fsp3) is 0.429. The van der Waals surface area contributed by atoms with Gasteiger partial charge in [-0.15, -0.1) is 0 Å². The lowest BCUT2D eigenvalue weighted by atomic mass is 10.0. The van der Waals surface area contributed by atoms with Crippen LogP contribution in [0.25, 0.3) is 0 Å². The standard InChI is InChI=1S/C14H17NO3/c1-9-4-3-5-10(2)11(9)12(16)15-8-14(6-7-14)13(17)18/h3-5H,6-8H2,1-2H3,(H,15,16)(H,17,18). The monoisotopic (exact) mass is 247 g/mol. The number of benzene rings is 1. The number of carboxylic acid groups (broad SMARTS) is 1. The lowest BCUT2D eigenvalue weighted by molar-refractivity contribution is -0.143. The van der Waals surface area contributed by atoms with E-state index in [9.17, 15) is 9.59 Å². The average molecular weight is 247 g/mol. The van der Waals surface area contributed by atoms with E-state index in [0.29, 0.717) is 18.4 Å². The van der Waals surface area contributed by atoms with Crippen LogP contribution in [-0.2, 0) is 4.79 Å². The predicted molar refractivity (Wildman–Crippen MR) is 67.6 cm³/mol. The maximum Gasteiger partial charge on any atom is 0.311 e. The van der Waals surface area contributed by atoms with Crippen LogP contribution in [0.2, 0.25) is 0 Å². The molecule has 1 saturated carbocycles. The van der Waals surface area contributed by atoms with Gasteiger partial charge in [0.25, 0.3) is 5.91 Å². The number of aliphatic carboxylic acids is 1. The first-order valence-electron chi connectivity index (χ1n) is 6.04. The maximum atomic E-state index is 12.1. The molecule has 0 radical (unpaired) electrons. The normalized spacial score (nSPS) is 16.1. The zero-order valence-electron chi connectivity index (χ0n) is 10.6. The zero-order chi connectivity index (χ0) is 13.3. The highest BCUT2D eigenvalue weighted by Gasteiger charge is 2.50. The topological polar surface area (TPSA) is 66.4 Å². The second kappa shape index (κ2) is 4.44. The summed E-state index contributed by atoms with van der Waals surface area (Å²) in [5.74, 6) is -0.998. The number of aryl methyl sites for hydroxylation is 2. The molecule has 96 valence electrons. The van der Waals surface area contributed by atoms with Crippen molar-refractivity contribution in [3.63, 3.8) is 0 Å². The SMILES string of the molecule is Cc1cccc(C)c1C(=O)NCC1(C(=O)O)CC1. The number of carbonyl (C=O) groups is 2. The number of hydrogen-bond donors (Lipinski definition) is 2. The van der Waals surface area contributed by atoms with Crippen LogP contribution in [-0.4, -0.2) is 23.5 Å². The Labute approximate surface area is 106 Å². The van der Waals surface area contributed by atoms with Crippen LogP contribution >= 0.6 is 0 Å². The molecule has 1 aliphatic rings. The summed E-state index contributed by atoms with van der Waals surface area (Å²) in [6.45, 7) is 3.98. The van der Waals surface area contributed by atoms with Crippen molar-refractivity contribution in [3.8, 4) is 0 Å². The molecule has 1 aromatic carbocycles. The van der Waals surface area contributed by atoms with Crippen molar-refractivity contribution in [1.82, 2.24) is 5.32 Å². The minimum absolute atomic E-state index is 0.182. The molecule has 1 amide bonds. The predicted octanol–water partition coefficient (Wildman–Crippen LogP) is 1.90. The summed E-state index contributed by atoms with van der Waals surface area (Å²) < 4.78 is 0. The number of amides is 1. The summed E-state index contributed by atoms with van der Waals surface area (Å²) in [4.78, 5) is 23.1. The van der Waals surface area contributed by atoms with Gasteiger partial charge in [0.05, 0.1) is 5.41 Å². The summed E-state index contributed by atoms with van der Waals surface area (Å²) in [5.41, 5.74) is 1.76. The Morgan fingerprint density at radius 3 is 2.28 bits per heavy atom. The van der Waals surface area contributed by atoms with Gasteiger partial charge in [-0.3, -0.25) is 9.59 Å². The van der Waals surface area contributed by atoms with Crippen molar-refractivity contribution < 1.29 is 14.7 Å². The number of hydrogen-bond acceptors (Lipinski definition) is 2. The van der Waals surface area contributed by atoms with Crippen molar-refractivity contribution in [3.05, 3.63) is 34.9 Å². The van der Waals surface area contributed by atoms with Crippen LogP contribution in [0.1, 0.15) is 34.3 Å². The second-order valence-corrected chi connectivity index (χ2v) is 5.03. The molecule has 18 heavy (non-hydrogen) atoms. The third kappa shape index (κ3) is 2.23. The van der Waals surface area contributed by atoms with Gasteiger partial charge >= 0.3 is 5.97 Å². The van der Waals surface area contributed by atoms with E-state index >= 15 is 0 Å². The van der Waals surface area contributed by atoms with Gasteiger partial charge in [-0.05, 0) is 37.8 Å². The van der Waals surface area contributed by atoms with Crippen molar-refractivity contribution in [2.24, 2.45) is 5.41 Å². The molecule has 0 bridgehead atoms. The van der Waals surface area contributed by atoms with E-state index in [0.717, 1.165) is 11.1 Å². The molecule has 0 aliphatic heterocycles. The molecule has 1 fully saturated rings. The molecule has 2 N–H and O–H groups in total. The minimum atomic E-state index is -0.815. The number of carboxylic acids is 1. The lowest BCUT2D eigenvalue weighted by Crippen LogP contribution is -2.34. The van der Waals surface area contributed by atoms with Gasteiger partial charge in [-0.2, -0.15) is 0 Å². The van der Waals surface area contributed by atoms with E-state index in [-0.39, 0.29) is 12.5 Å². The molecule has 4 heteroatoms. The van der Waals surface area contributed by atoms with Gasteiger partial charge in [0.2, 0.25) is 0 Å². The highest BCUT2D eigenvalue weighted by atomic mass is 16.4. The van der Waals surface area contributed by atoms with Gasteiger partial charge in [0.15, 0.2) is 0 Å². The number of carbonyl (C=O) groups excluding carboxylic acids is 1. The average Bonchev–Trinajstić information content (AvgIpc) is 3.07. The fourth-order valence-electron chi connectivity index (χ4n) is 2.13. The van der Waals surface area contributed by atoms with Crippen molar-refractivity contribution in [2.75, 3.05) is 6.54 Å². The summed E-state index contributed by atoms with van der Waals surface area (Å²) in [7, 11) is 0. The molecule has 1 aliphatic carbocycles. The van der Waals surface area contributed by atoms with E-state index in [1.165, 1.54) is 0 Å². The van der Waals surface area contributed by atoms with Gasteiger partial charge in [0.1, 0.15) is 0 Å². The Morgan fingerprint density at radius 2 is 1.83 bits per heavy atom. The van der Waals surface area contributed by atoms with E-state index < -0.39 is 11.4 Å². The third-order valence-electron chi connectivity index (χ3n) is 3.60. The molecule has 1 aromatic rings. The minimum Gasteiger partial charge on any atom is -0.481 e. The fourth-order valence-corrected chi connectivity index (χ4v) is 2.13. The summed E-state index contributed by atoms with van der Waals surface area (Å²) in [6.07, 6.45) is 1.30. The van der Waals surface area contributed by atoms with E-state index in [4.69, 9.17) is 5.11 Å². The quantitative estimate of drug-likeness (QED) is 0.854. The first-order chi connectivity index (χ1) is 8.46. The van der Waals surface area contributed by atoms with Gasteiger partial charge < -0.3 is 10.4 Å². The maximum absolute atomic E-state index is 12.1. The highest BCUT2D eigenvalue weighted by molar-refractivity contribution is 5.97. The molecule has 0 unspecified atom stereocenters. The Hall–Kier alpha value is -1.84. The van der Waals surface area contributed by atoms with Crippen molar-refractivity contribution >= 4 is 11.9 Å². The molecule has 4 nitrogen and oxygen atoms in total. The molecule has 2 rings (SSSR count). The number of nitrogens with one attached hydrogen (secondary N) is 1. The molecule has 0 aromatic heterocycles. The molecular weight excluding hydrogens is 230 g/mol. The van der Waals surface area contributed by atoms with Gasteiger partial charge in [0, 0.05) is 12.1 Å².